The summed E-state index contributed by atoms with van der Waals surface area (Å²) in [5, 5.41) is 10.6. The van der Waals surface area contributed by atoms with Crippen molar-refractivity contribution in [2.75, 3.05) is 26.3 Å². The molecular formula is C16H21N5O3. The van der Waals surface area contributed by atoms with Gasteiger partial charge in [0.05, 0.1) is 24.1 Å². The number of ether oxygens (including phenoxy) is 1. The molecule has 1 atom stereocenters. The molecule has 1 saturated heterocycles. The number of hydrogen-bond donors (Lipinski definition) is 1. The van der Waals surface area contributed by atoms with Gasteiger partial charge in [0.25, 0.3) is 11.5 Å². The lowest BCUT2D eigenvalue weighted by molar-refractivity contribution is 0.0730. The summed E-state index contributed by atoms with van der Waals surface area (Å²) in [6.07, 6.45) is 2.54. The van der Waals surface area contributed by atoms with Crippen molar-refractivity contribution in [3.63, 3.8) is 0 Å². The Morgan fingerprint density at radius 1 is 1.50 bits per heavy atom. The van der Waals surface area contributed by atoms with Crippen molar-refractivity contribution < 1.29 is 9.53 Å². The predicted octanol–water partition coefficient (Wildman–Crippen LogP) is 0.763. The van der Waals surface area contributed by atoms with E-state index in [4.69, 9.17) is 4.74 Å². The smallest absolute Gasteiger partial charge is 0.264 e. The molecule has 1 fully saturated rings. The van der Waals surface area contributed by atoms with Crippen LogP contribution in [0.1, 0.15) is 29.4 Å². The molecule has 128 valence electrons. The van der Waals surface area contributed by atoms with Crippen molar-refractivity contribution >= 4 is 5.91 Å². The molecule has 1 amide bonds. The molecular weight excluding hydrogens is 310 g/mol. The topological polar surface area (TPSA) is 93.1 Å². The lowest BCUT2D eigenvalue weighted by Crippen LogP contribution is -2.35. The summed E-state index contributed by atoms with van der Waals surface area (Å²) in [7, 11) is 0. The van der Waals surface area contributed by atoms with E-state index in [2.05, 4.69) is 15.3 Å². The maximum atomic E-state index is 12.8. The number of aromatic amines is 1. The molecule has 1 aliphatic rings. The SMILES string of the molecule is CCN(C[C@@H]1CCOC1)C(=O)c1cnn(-c2ccc(=O)[nH]n2)c1C. The highest BCUT2D eigenvalue weighted by molar-refractivity contribution is 5.95. The van der Waals surface area contributed by atoms with Gasteiger partial charge in [0.15, 0.2) is 5.82 Å². The standard InChI is InChI=1S/C16H21N5O3/c1-3-20(9-12-6-7-24-10-12)16(23)13-8-17-21(11(13)2)14-4-5-15(22)19-18-14/h4-5,8,12H,3,6-7,9-10H2,1-2H3,(H,19,22)/t12-/m0/s1. The van der Waals surface area contributed by atoms with Crippen LogP contribution in [0.15, 0.2) is 23.1 Å². The largest absolute Gasteiger partial charge is 0.381 e. The summed E-state index contributed by atoms with van der Waals surface area (Å²) < 4.78 is 6.94. The molecule has 1 aliphatic heterocycles. The molecule has 2 aromatic rings. The van der Waals surface area contributed by atoms with E-state index >= 15 is 0 Å². The van der Waals surface area contributed by atoms with E-state index < -0.39 is 0 Å². The van der Waals surface area contributed by atoms with Crippen LogP contribution in [0.2, 0.25) is 0 Å². The zero-order valence-electron chi connectivity index (χ0n) is 13.9. The second-order valence-electron chi connectivity index (χ2n) is 5.91. The molecule has 8 heteroatoms. The Morgan fingerprint density at radius 3 is 2.96 bits per heavy atom. The van der Waals surface area contributed by atoms with E-state index in [1.807, 2.05) is 18.7 Å². The summed E-state index contributed by atoms with van der Waals surface area (Å²) in [5.74, 6) is 0.820. The third kappa shape index (κ3) is 3.23. The highest BCUT2D eigenvalue weighted by atomic mass is 16.5. The van der Waals surface area contributed by atoms with Crippen LogP contribution in [0.25, 0.3) is 5.82 Å². The Labute approximate surface area is 139 Å². The molecule has 0 unspecified atom stereocenters. The lowest BCUT2D eigenvalue weighted by atomic mass is 10.1. The minimum Gasteiger partial charge on any atom is -0.381 e. The zero-order chi connectivity index (χ0) is 17.1. The number of nitrogens with one attached hydrogen (secondary N) is 1. The van der Waals surface area contributed by atoms with Crippen molar-refractivity contribution in [3.8, 4) is 5.82 Å². The third-order valence-corrected chi connectivity index (χ3v) is 4.29. The molecule has 3 rings (SSSR count). The lowest BCUT2D eigenvalue weighted by Gasteiger charge is -2.23. The number of H-pyrrole nitrogens is 1. The van der Waals surface area contributed by atoms with Crippen molar-refractivity contribution in [2.45, 2.75) is 20.3 Å². The summed E-state index contributed by atoms with van der Waals surface area (Å²) in [4.78, 5) is 25.8. The Kier molecular flexibility index (Phi) is 4.75. The molecule has 0 spiro atoms. The molecule has 0 aromatic carbocycles. The average molecular weight is 331 g/mol. The first-order valence-corrected chi connectivity index (χ1v) is 8.08. The van der Waals surface area contributed by atoms with Crippen LogP contribution in [0.3, 0.4) is 0 Å². The van der Waals surface area contributed by atoms with Crippen LogP contribution in [-0.2, 0) is 4.74 Å². The molecule has 0 bridgehead atoms. The van der Waals surface area contributed by atoms with Crippen LogP contribution >= 0.6 is 0 Å². The van der Waals surface area contributed by atoms with Gasteiger partial charge in [-0.1, -0.05) is 0 Å². The van der Waals surface area contributed by atoms with Gasteiger partial charge in [-0.15, -0.1) is 0 Å². The van der Waals surface area contributed by atoms with E-state index in [-0.39, 0.29) is 11.5 Å². The molecule has 24 heavy (non-hydrogen) atoms. The maximum absolute atomic E-state index is 12.8. The summed E-state index contributed by atoms with van der Waals surface area (Å²) in [6, 6.07) is 2.95. The summed E-state index contributed by atoms with van der Waals surface area (Å²) in [6.45, 7) is 6.60. The third-order valence-electron chi connectivity index (χ3n) is 4.29. The van der Waals surface area contributed by atoms with E-state index in [9.17, 15) is 9.59 Å². The quantitative estimate of drug-likeness (QED) is 0.873. The fourth-order valence-electron chi connectivity index (χ4n) is 2.87. The number of carbonyl (C=O) groups excluding carboxylic acids is 1. The Balaban J connectivity index is 1.81. The molecule has 0 aliphatic carbocycles. The van der Waals surface area contributed by atoms with E-state index in [1.165, 1.54) is 6.07 Å². The molecule has 8 nitrogen and oxygen atoms in total. The van der Waals surface area contributed by atoms with Gasteiger partial charge in [0.2, 0.25) is 0 Å². The Hall–Kier alpha value is -2.48. The second-order valence-corrected chi connectivity index (χ2v) is 5.91. The fraction of sp³-hybridized carbons (Fsp3) is 0.500. The van der Waals surface area contributed by atoms with Crippen molar-refractivity contribution in [1.82, 2.24) is 24.9 Å². The van der Waals surface area contributed by atoms with Crippen molar-refractivity contribution in [2.24, 2.45) is 5.92 Å². The highest BCUT2D eigenvalue weighted by Gasteiger charge is 2.25. The Bertz CT molecular complexity index is 756. The number of carbonyl (C=O) groups is 1. The number of rotatable bonds is 5. The first-order valence-electron chi connectivity index (χ1n) is 8.08. The highest BCUT2D eigenvalue weighted by Crippen LogP contribution is 2.18. The number of aromatic nitrogens is 4. The molecule has 3 heterocycles. The van der Waals surface area contributed by atoms with Crippen LogP contribution in [0.5, 0.6) is 0 Å². The summed E-state index contributed by atoms with van der Waals surface area (Å²) >= 11 is 0. The van der Waals surface area contributed by atoms with Gasteiger partial charge in [-0.05, 0) is 26.3 Å². The number of hydrogen-bond acceptors (Lipinski definition) is 5. The monoisotopic (exact) mass is 331 g/mol. The second kappa shape index (κ2) is 6.96. The summed E-state index contributed by atoms with van der Waals surface area (Å²) in [5.41, 5.74) is 0.959. The average Bonchev–Trinajstić information content (AvgIpc) is 3.22. The van der Waals surface area contributed by atoms with Crippen LogP contribution in [0, 0.1) is 12.8 Å². The predicted molar refractivity (Wildman–Crippen MR) is 87.2 cm³/mol. The van der Waals surface area contributed by atoms with Gasteiger partial charge < -0.3 is 9.64 Å². The first kappa shape index (κ1) is 16.4. The minimum absolute atomic E-state index is 0.0439. The number of nitrogens with zero attached hydrogens (tertiary/aromatic N) is 4. The van der Waals surface area contributed by atoms with Gasteiger partial charge in [-0.3, -0.25) is 9.59 Å². The fourth-order valence-corrected chi connectivity index (χ4v) is 2.87. The molecule has 1 N–H and O–H groups in total. The van der Waals surface area contributed by atoms with Crippen LogP contribution in [-0.4, -0.2) is 57.1 Å². The van der Waals surface area contributed by atoms with Gasteiger partial charge in [0.1, 0.15) is 0 Å². The normalized spacial score (nSPS) is 17.2. The zero-order valence-corrected chi connectivity index (χ0v) is 13.9. The Morgan fingerprint density at radius 2 is 2.33 bits per heavy atom. The van der Waals surface area contributed by atoms with E-state index in [0.717, 1.165) is 13.0 Å². The van der Waals surface area contributed by atoms with Gasteiger partial charge >= 0.3 is 0 Å². The van der Waals surface area contributed by atoms with E-state index in [0.29, 0.717) is 42.7 Å². The molecule has 2 aromatic heterocycles. The first-order chi connectivity index (χ1) is 11.6. The molecule has 0 radical (unpaired) electrons. The van der Waals surface area contributed by atoms with Crippen molar-refractivity contribution in [3.05, 3.63) is 39.9 Å². The van der Waals surface area contributed by atoms with Gasteiger partial charge in [-0.25, -0.2) is 9.78 Å². The minimum atomic E-state index is -0.282. The van der Waals surface area contributed by atoms with E-state index in [1.54, 1.807) is 16.9 Å². The number of amides is 1. The van der Waals surface area contributed by atoms with Gasteiger partial charge in [0, 0.05) is 31.7 Å². The van der Waals surface area contributed by atoms with Crippen molar-refractivity contribution in [1.29, 1.82) is 0 Å². The maximum Gasteiger partial charge on any atom is 0.264 e. The van der Waals surface area contributed by atoms with Gasteiger partial charge in [-0.2, -0.15) is 10.2 Å². The van der Waals surface area contributed by atoms with Crippen LogP contribution < -0.4 is 5.56 Å². The molecule has 0 saturated carbocycles. The van der Waals surface area contributed by atoms with Crippen LogP contribution in [0.4, 0.5) is 0 Å².